The molecular formula is C16H21N3O2. The van der Waals surface area contributed by atoms with Gasteiger partial charge in [0, 0.05) is 18.5 Å². The van der Waals surface area contributed by atoms with Crippen LogP contribution >= 0.6 is 0 Å². The molecule has 21 heavy (non-hydrogen) atoms. The van der Waals surface area contributed by atoms with Crippen LogP contribution in [0.1, 0.15) is 49.9 Å². The zero-order chi connectivity index (χ0) is 14.7. The molecule has 1 heterocycles. The zero-order valence-electron chi connectivity index (χ0n) is 12.5. The van der Waals surface area contributed by atoms with Crippen LogP contribution in [0, 0.1) is 0 Å². The number of hydrogen-bond donors (Lipinski definition) is 1. The molecule has 0 atom stereocenters. The Morgan fingerprint density at radius 3 is 2.95 bits per heavy atom. The first-order chi connectivity index (χ1) is 10.2. The third kappa shape index (κ3) is 4.04. The van der Waals surface area contributed by atoms with E-state index in [2.05, 4.69) is 27.6 Å². The van der Waals surface area contributed by atoms with Crippen LogP contribution < -0.4 is 10.1 Å². The summed E-state index contributed by atoms with van der Waals surface area (Å²) in [5.74, 6) is 2.31. The lowest BCUT2D eigenvalue weighted by atomic mass is 10.2. The van der Waals surface area contributed by atoms with Crippen LogP contribution in [0.25, 0.3) is 0 Å². The molecule has 0 saturated heterocycles. The molecule has 1 aromatic heterocycles. The highest BCUT2D eigenvalue weighted by Gasteiger charge is 2.19. The number of ether oxygens (including phenoxy) is 1. The second-order valence-electron chi connectivity index (χ2n) is 5.79. The third-order valence-corrected chi connectivity index (χ3v) is 3.42. The van der Waals surface area contributed by atoms with E-state index in [0.717, 1.165) is 12.3 Å². The van der Waals surface area contributed by atoms with Crippen molar-refractivity contribution >= 4 is 0 Å². The SMILES string of the molecule is CC(C)c1nc(COc2cccc(CNC3CC3)c2)no1. The molecule has 0 amide bonds. The molecule has 1 aliphatic carbocycles. The largest absolute Gasteiger partial charge is 0.485 e. The summed E-state index contributed by atoms with van der Waals surface area (Å²) in [6.45, 7) is 5.26. The maximum atomic E-state index is 5.74. The van der Waals surface area contributed by atoms with Crippen LogP contribution in [0.4, 0.5) is 0 Å². The molecule has 1 aliphatic rings. The lowest BCUT2D eigenvalue weighted by Crippen LogP contribution is -2.15. The molecule has 3 rings (SSSR count). The van der Waals surface area contributed by atoms with Crippen molar-refractivity contribution in [3.8, 4) is 5.75 Å². The van der Waals surface area contributed by atoms with E-state index in [-0.39, 0.29) is 5.92 Å². The normalized spacial score (nSPS) is 14.6. The Morgan fingerprint density at radius 1 is 1.38 bits per heavy atom. The van der Waals surface area contributed by atoms with Gasteiger partial charge >= 0.3 is 0 Å². The van der Waals surface area contributed by atoms with Gasteiger partial charge in [0.2, 0.25) is 11.7 Å². The van der Waals surface area contributed by atoms with Gasteiger partial charge < -0.3 is 14.6 Å². The van der Waals surface area contributed by atoms with Crippen molar-refractivity contribution in [1.82, 2.24) is 15.5 Å². The van der Waals surface area contributed by atoms with E-state index in [1.807, 2.05) is 26.0 Å². The summed E-state index contributed by atoms with van der Waals surface area (Å²) in [5, 5.41) is 7.41. The Balaban J connectivity index is 1.54. The van der Waals surface area contributed by atoms with E-state index >= 15 is 0 Å². The van der Waals surface area contributed by atoms with Gasteiger partial charge in [-0.1, -0.05) is 31.1 Å². The third-order valence-electron chi connectivity index (χ3n) is 3.42. The Labute approximate surface area is 124 Å². The highest BCUT2D eigenvalue weighted by atomic mass is 16.5. The fourth-order valence-corrected chi connectivity index (χ4v) is 2.00. The van der Waals surface area contributed by atoms with Gasteiger partial charge in [0.25, 0.3) is 0 Å². The molecule has 1 N–H and O–H groups in total. The number of benzene rings is 1. The summed E-state index contributed by atoms with van der Waals surface area (Å²) in [5.41, 5.74) is 1.23. The van der Waals surface area contributed by atoms with Crippen LogP contribution in [0.15, 0.2) is 28.8 Å². The second-order valence-corrected chi connectivity index (χ2v) is 5.79. The summed E-state index contributed by atoms with van der Waals surface area (Å²) >= 11 is 0. The molecule has 1 fully saturated rings. The van der Waals surface area contributed by atoms with E-state index in [0.29, 0.717) is 24.4 Å². The Kier molecular flexibility index (Phi) is 4.20. The summed E-state index contributed by atoms with van der Waals surface area (Å²) < 4.78 is 10.9. The molecule has 5 heteroatoms. The molecule has 1 aromatic carbocycles. The first-order valence-corrected chi connectivity index (χ1v) is 7.48. The molecule has 0 spiro atoms. The van der Waals surface area contributed by atoms with Crippen LogP contribution in [0.3, 0.4) is 0 Å². The number of aromatic nitrogens is 2. The molecule has 2 aromatic rings. The first kappa shape index (κ1) is 14.1. The maximum Gasteiger partial charge on any atom is 0.229 e. The quantitative estimate of drug-likeness (QED) is 0.848. The van der Waals surface area contributed by atoms with Crippen LogP contribution in [0.2, 0.25) is 0 Å². The minimum absolute atomic E-state index is 0.239. The number of nitrogens with one attached hydrogen (secondary N) is 1. The lowest BCUT2D eigenvalue weighted by molar-refractivity contribution is 0.284. The monoisotopic (exact) mass is 287 g/mol. The van der Waals surface area contributed by atoms with Crippen molar-refractivity contribution in [2.75, 3.05) is 0 Å². The van der Waals surface area contributed by atoms with E-state index in [9.17, 15) is 0 Å². The van der Waals surface area contributed by atoms with Crippen molar-refractivity contribution in [3.63, 3.8) is 0 Å². The average molecular weight is 287 g/mol. The molecule has 0 radical (unpaired) electrons. The molecular weight excluding hydrogens is 266 g/mol. The summed E-state index contributed by atoms with van der Waals surface area (Å²) in [7, 11) is 0. The van der Waals surface area contributed by atoms with E-state index in [4.69, 9.17) is 9.26 Å². The summed E-state index contributed by atoms with van der Waals surface area (Å²) in [6.07, 6.45) is 2.60. The van der Waals surface area contributed by atoms with Crippen molar-refractivity contribution in [3.05, 3.63) is 41.5 Å². The van der Waals surface area contributed by atoms with Crippen molar-refractivity contribution < 1.29 is 9.26 Å². The standard InChI is InChI=1S/C16H21N3O2/c1-11(2)16-18-15(19-21-16)10-20-14-5-3-4-12(8-14)9-17-13-6-7-13/h3-5,8,11,13,17H,6-7,9-10H2,1-2H3. The molecule has 5 nitrogen and oxygen atoms in total. The van der Waals surface area contributed by atoms with Gasteiger partial charge in [0.15, 0.2) is 6.61 Å². The van der Waals surface area contributed by atoms with Gasteiger partial charge in [0.1, 0.15) is 5.75 Å². The second kappa shape index (κ2) is 6.26. The lowest BCUT2D eigenvalue weighted by Gasteiger charge is -2.07. The molecule has 0 unspecified atom stereocenters. The molecule has 0 aliphatic heterocycles. The van der Waals surface area contributed by atoms with Gasteiger partial charge in [-0.3, -0.25) is 0 Å². The van der Waals surface area contributed by atoms with Crippen LogP contribution in [-0.4, -0.2) is 16.2 Å². The van der Waals surface area contributed by atoms with Crippen LogP contribution in [0.5, 0.6) is 5.75 Å². The summed E-state index contributed by atoms with van der Waals surface area (Å²) in [6, 6.07) is 8.83. The molecule has 1 saturated carbocycles. The van der Waals surface area contributed by atoms with Gasteiger partial charge in [-0.05, 0) is 30.5 Å². The van der Waals surface area contributed by atoms with E-state index in [1.54, 1.807) is 0 Å². The van der Waals surface area contributed by atoms with Crippen molar-refractivity contribution in [2.24, 2.45) is 0 Å². The van der Waals surface area contributed by atoms with Crippen molar-refractivity contribution in [2.45, 2.75) is 51.8 Å². The predicted molar refractivity (Wildman–Crippen MR) is 79.0 cm³/mol. The van der Waals surface area contributed by atoms with Gasteiger partial charge in [-0.25, -0.2) is 0 Å². The highest BCUT2D eigenvalue weighted by Crippen LogP contribution is 2.20. The van der Waals surface area contributed by atoms with Crippen LogP contribution in [-0.2, 0) is 13.2 Å². The minimum Gasteiger partial charge on any atom is -0.485 e. The fraction of sp³-hybridized carbons (Fsp3) is 0.500. The topological polar surface area (TPSA) is 60.2 Å². The van der Waals surface area contributed by atoms with Crippen molar-refractivity contribution in [1.29, 1.82) is 0 Å². The van der Waals surface area contributed by atoms with Gasteiger partial charge in [0.05, 0.1) is 0 Å². The maximum absolute atomic E-state index is 5.74. The van der Waals surface area contributed by atoms with E-state index in [1.165, 1.54) is 18.4 Å². The molecule has 0 bridgehead atoms. The van der Waals surface area contributed by atoms with Gasteiger partial charge in [-0.15, -0.1) is 0 Å². The fourth-order valence-electron chi connectivity index (χ4n) is 2.00. The first-order valence-electron chi connectivity index (χ1n) is 7.48. The summed E-state index contributed by atoms with van der Waals surface area (Å²) in [4.78, 5) is 4.30. The Morgan fingerprint density at radius 2 is 2.24 bits per heavy atom. The zero-order valence-corrected chi connectivity index (χ0v) is 12.5. The molecule has 112 valence electrons. The highest BCUT2D eigenvalue weighted by molar-refractivity contribution is 5.28. The Bertz CT molecular complexity index is 591. The van der Waals surface area contributed by atoms with E-state index < -0.39 is 0 Å². The number of nitrogens with zero attached hydrogens (tertiary/aromatic N) is 2. The Hall–Kier alpha value is -1.88. The average Bonchev–Trinajstić information content (AvgIpc) is 3.19. The van der Waals surface area contributed by atoms with Gasteiger partial charge in [-0.2, -0.15) is 4.98 Å². The number of rotatable bonds is 7. The minimum atomic E-state index is 0.239. The number of hydrogen-bond acceptors (Lipinski definition) is 5. The predicted octanol–water partition coefficient (Wildman–Crippen LogP) is 3.02. The smallest absolute Gasteiger partial charge is 0.229 e.